The van der Waals surface area contributed by atoms with Crippen molar-refractivity contribution >= 4 is 5.69 Å². The van der Waals surface area contributed by atoms with Crippen molar-refractivity contribution in [3.63, 3.8) is 0 Å². The van der Waals surface area contributed by atoms with Gasteiger partial charge in [-0.2, -0.15) is 5.26 Å². The minimum Gasteiger partial charge on any atom is -0.497 e. The van der Waals surface area contributed by atoms with Crippen molar-refractivity contribution in [3.8, 4) is 11.8 Å². The van der Waals surface area contributed by atoms with Gasteiger partial charge in [0, 0.05) is 19.3 Å². The van der Waals surface area contributed by atoms with Gasteiger partial charge in [0.05, 0.1) is 13.2 Å². The number of ether oxygens (including phenoxy) is 1. The lowest BCUT2D eigenvalue weighted by Gasteiger charge is -2.24. The second kappa shape index (κ2) is 7.01. The summed E-state index contributed by atoms with van der Waals surface area (Å²) in [6, 6.07) is 10.3. The smallest absolute Gasteiger partial charge is 0.119 e. The zero-order chi connectivity index (χ0) is 14.3. The molecule has 19 heavy (non-hydrogen) atoms. The molecular formula is C15H23N3O. The lowest BCUT2D eigenvalue weighted by molar-refractivity contribution is 0.415. The second-order valence-electron chi connectivity index (χ2n) is 4.92. The average Bonchev–Trinajstić information content (AvgIpc) is 2.47. The molecule has 1 aromatic carbocycles. The standard InChI is InChI=1S/C15H23N3O/c1-15(12-16,17-2)10-5-11-18(3)13-6-8-14(19-4)9-7-13/h6-9,17H,5,10-11H2,1-4H3. The van der Waals surface area contributed by atoms with Crippen LogP contribution in [0.4, 0.5) is 5.69 Å². The third-order valence-electron chi connectivity index (χ3n) is 3.48. The average molecular weight is 261 g/mol. The van der Waals surface area contributed by atoms with Gasteiger partial charge in [-0.15, -0.1) is 0 Å². The lowest BCUT2D eigenvalue weighted by atomic mass is 9.98. The van der Waals surface area contributed by atoms with Crippen molar-refractivity contribution in [3.05, 3.63) is 24.3 Å². The minimum atomic E-state index is -0.430. The number of nitrogens with one attached hydrogen (secondary N) is 1. The van der Waals surface area contributed by atoms with E-state index in [4.69, 9.17) is 10.00 Å². The van der Waals surface area contributed by atoms with Crippen LogP contribution in [0, 0.1) is 11.3 Å². The lowest BCUT2D eigenvalue weighted by Crippen LogP contribution is -2.38. The van der Waals surface area contributed by atoms with Crippen molar-refractivity contribution in [2.75, 3.05) is 32.6 Å². The van der Waals surface area contributed by atoms with Crippen LogP contribution in [0.1, 0.15) is 19.8 Å². The summed E-state index contributed by atoms with van der Waals surface area (Å²) in [7, 11) is 5.56. The molecule has 0 aliphatic rings. The highest BCUT2D eigenvalue weighted by Gasteiger charge is 2.20. The molecule has 4 heteroatoms. The third kappa shape index (κ3) is 4.46. The van der Waals surface area contributed by atoms with E-state index < -0.39 is 5.54 Å². The van der Waals surface area contributed by atoms with Crippen LogP contribution < -0.4 is 15.0 Å². The molecule has 0 spiro atoms. The van der Waals surface area contributed by atoms with E-state index in [1.807, 2.05) is 38.2 Å². The first-order valence-electron chi connectivity index (χ1n) is 6.50. The number of benzene rings is 1. The fraction of sp³-hybridized carbons (Fsp3) is 0.533. The number of hydrogen-bond acceptors (Lipinski definition) is 4. The summed E-state index contributed by atoms with van der Waals surface area (Å²) >= 11 is 0. The second-order valence-corrected chi connectivity index (χ2v) is 4.92. The number of nitrogens with zero attached hydrogens (tertiary/aromatic N) is 2. The van der Waals surface area contributed by atoms with E-state index in [0.717, 1.165) is 30.8 Å². The third-order valence-corrected chi connectivity index (χ3v) is 3.48. The highest BCUT2D eigenvalue weighted by molar-refractivity contribution is 5.48. The molecule has 104 valence electrons. The first-order valence-corrected chi connectivity index (χ1v) is 6.50. The molecule has 0 amide bonds. The van der Waals surface area contributed by atoms with Gasteiger partial charge in [-0.25, -0.2) is 0 Å². The summed E-state index contributed by atoms with van der Waals surface area (Å²) in [5, 5.41) is 12.1. The topological polar surface area (TPSA) is 48.3 Å². The first kappa shape index (κ1) is 15.3. The van der Waals surface area contributed by atoms with Gasteiger partial charge in [0.15, 0.2) is 0 Å². The van der Waals surface area contributed by atoms with Gasteiger partial charge >= 0.3 is 0 Å². The minimum absolute atomic E-state index is 0.430. The van der Waals surface area contributed by atoms with Crippen molar-refractivity contribution < 1.29 is 4.74 Å². The zero-order valence-corrected chi connectivity index (χ0v) is 12.2. The summed E-state index contributed by atoms with van der Waals surface area (Å²) < 4.78 is 5.14. The molecule has 1 atom stereocenters. The summed E-state index contributed by atoms with van der Waals surface area (Å²) in [5.41, 5.74) is 0.727. The van der Waals surface area contributed by atoms with Gasteiger partial charge in [0.1, 0.15) is 11.3 Å². The quantitative estimate of drug-likeness (QED) is 0.819. The molecule has 1 aromatic rings. The van der Waals surface area contributed by atoms with Crippen LogP contribution in [0.5, 0.6) is 5.75 Å². The van der Waals surface area contributed by atoms with Gasteiger partial charge in [-0.3, -0.25) is 0 Å². The summed E-state index contributed by atoms with van der Waals surface area (Å²) in [6.45, 7) is 2.85. The van der Waals surface area contributed by atoms with E-state index in [-0.39, 0.29) is 0 Å². The SMILES string of the molecule is CNC(C)(C#N)CCCN(C)c1ccc(OC)cc1. The summed E-state index contributed by atoms with van der Waals surface area (Å²) in [4.78, 5) is 2.19. The van der Waals surface area contributed by atoms with Gasteiger partial charge in [0.25, 0.3) is 0 Å². The Hall–Kier alpha value is -1.73. The molecule has 1 N–H and O–H groups in total. The predicted molar refractivity (Wildman–Crippen MR) is 78.6 cm³/mol. The Labute approximate surface area is 116 Å². The highest BCUT2D eigenvalue weighted by atomic mass is 16.5. The maximum atomic E-state index is 9.09. The molecule has 4 nitrogen and oxygen atoms in total. The van der Waals surface area contributed by atoms with E-state index in [2.05, 4.69) is 23.3 Å². The van der Waals surface area contributed by atoms with Crippen LogP contribution in [0.2, 0.25) is 0 Å². The molecule has 0 bridgehead atoms. The van der Waals surface area contributed by atoms with Gasteiger partial charge in [-0.05, 0) is 51.1 Å². The molecule has 0 aromatic heterocycles. The molecule has 0 heterocycles. The van der Waals surface area contributed by atoms with Crippen LogP contribution in [-0.4, -0.2) is 33.3 Å². The molecule has 0 saturated carbocycles. The number of rotatable bonds is 7. The molecule has 0 fully saturated rings. The Kier molecular flexibility index (Phi) is 5.65. The Morgan fingerprint density at radius 3 is 2.47 bits per heavy atom. The van der Waals surface area contributed by atoms with E-state index in [1.165, 1.54) is 0 Å². The maximum Gasteiger partial charge on any atom is 0.119 e. The molecular weight excluding hydrogens is 238 g/mol. The van der Waals surface area contributed by atoms with E-state index in [0.29, 0.717) is 0 Å². The Bertz CT molecular complexity index is 424. The van der Waals surface area contributed by atoms with Crippen molar-refractivity contribution in [1.82, 2.24) is 5.32 Å². The molecule has 0 aliphatic heterocycles. The Balaban J connectivity index is 2.47. The number of methoxy groups -OCH3 is 1. The summed E-state index contributed by atoms with van der Waals surface area (Å²) in [6.07, 6.45) is 1.80. The number of hydrogen-bond donors (Lipinski definition) is 1. The van der Waals surface area contributed by atoms with Crippen LogP contribution in [0.15, 0.2) is 24.3 Å². The van der Waals surface area contributed by atoms with Crippen molar-refractivity contribution in [2.45, 2.75) is 25.3 Å². The molecule has 1 rings (SSSR count). The van der Waals surface area contributed by atoms with Crippen LogP contribution in [-0.2, 0) is 0 Å². The number of anilines is 1. The van der Waals surface area contributed by atoms with E-state index in [9.17, 15) is 0 Å². The summed E-state index contributed by atoms with van der Waals surface area (Å²) in [5.74, 6) is 0.865. The normalized spacial score (nSPS) is 13.4. The van der Waals surface area contributed by atoms with Gasteiger partial charge in [0.2, 0.25) is 0 Å². The fourth-order valence-electron chi connectivity index (χ4n) is 1.87. The van der Waals surface area contributed by atoms with Gasteiger partial charge < -0.3 is 15.0 Å². The first-order chi connectivity index (χ1) is 9.04. The molecule has 0 radical (unpaired) electrons. The van der Waals surface area contributed by atoms with Crippen LogP contribution in [0.3, 0.4) is 0 Å². The molecule has 1 unspecified atom stereocenters. The molecule has 0 aliphatic carbocycles. The zero-order valence-electron chi connectivity index (χ0n) is 12.2. The van der Waals surface area contributed by atoms with Crippen LogP contribution >= 0.6 is 0 Å². The Morgan fingerprint density at radius 1 is 1.37 bits per heavy atom. The number of nitriles is 1. The van der Waals surface area contributed by atoms with E-state index in [1.54, 1.807) is 7.11 Å². The largest absolute Gasteiger partial charge is 0.497 e. The van der Waals surface area contributed by atoms with Crippen LogP contribution in [0.25, 0.3) is 0 Å². The monoisotopic (exact) mass is 261 g/mol. The van der Waals surface area contributed by atoms with Crippen molar-refractivity contribution in [1.29, 1.82) is 5.26 Å². The van der Waals surface area contributed by atoms with Gasteiger partial charge in [-0.1, -0.05) is 0 Å². The highest BCUT2D eigenvalue weighted by Crippen LogP contribution is 2.19. The fourth-order valence-corrected chi connectivity index (χ4v) is 1.87. The predicted octanol–water partition coefficient (Wildman–Crippen LogP) is 2.41. The van der Waals surface area contributed by atoms with E-state index >= 15 is 0 Å². The van der Waals surface area contributed by atoms with Crippen molar-refractivity contribution in [2.24, 2.45) is 0 Å². The Morgan fingerprint density at radius 2 is 2.00 bits per heavy atom. The molecule has 0 saturated heterocycles. The maximum absolute atomic E-state index is 9.09.